The van der Waals surface area contributed by atoms with Gasteiger partial charge in [0.05, 0.1) is 0 Å². The second-order valence-corrected chi connectivity index (χ2v) is 6.72. The van der Waals surface area contributed by atoms with Crippen LogP contribution < -0.4 is 0 Å². The number of aryl methyl sites for hydroxylation is 1. The molecule has 0 saturated heterocycles. The first-order chi connectivity index (χ1) is 11.7. The first-order valence-electron chi connectivity index (χ1n) is 7.85. The van der Waals surface area contributed by atoms with Gasteiger partial charge in [-0.1, -0.05) is 24.6 Å². The fraction of sp³-hybridized carbons (Fsp3) is 0.412. The predicted octanol–water partition coefficient (Wildman–Crippen LogP) is 3.89. The summed E-state index contributed by atoms with van der Waals surface area (Å²) in [5.74, 6) is -0.410. The summed E-state index contributed by atoms with van der Waals surface area (Å²) in [7, 11) is 1.35. The van der Waals surface area contributed by atoms with Gasteiger partial charge in [0.2, 0.25) is 0 Å². The highest BCUT2D eigenvalue weighted by molar-refractivity contribution is 6.30. The lowest BCUT2D eigenvalue weighted by molar-refractivity contribution is -0.141. The molecule has 134 valence electrons. The molecule has 1 aliphatic heterocycles. The molecule has 1 atom stereocenters. The molecule has 0 saturated carbocycles. The normalized spacial score (nSPS) is 18.0. The van der Waals surface area contributed by atoms with E-state index in [1.165, 1.54) is 7.05 Å². The minimum Gasteiger partial charge on any atom is -0.336 e. The van der Waals surface area contributed by atoms with Crippen molar-refractivity contribution in [1.82, 2.24) is 14.7 Å². The van der Waals surface area contributed by atoms with Crippen molar-refractivity contribution in [3.63, 3.8) is 0 Å². The molecule has 2 aromatic rings. The number of benzene rings is 1. The van der Waals surface area contributed by atoms with E-state index in [1.807, 2.05) is 19.1 Å². The molecule has 0 bridgehead atoms. The van der Waals surface area contributed by atoms with Crippen LogP contribution in [-0.4, -0.2) is 33.7 Å². The average molecular weight is 372 g/mol. The molecule has 1 amide bonds. The highest BCUT2D eigenvalue weighted by atomic mass is 35.5. The van der Waals surface area contributed by atoms with Crippen molar-refractivity contribution in [3.05, 3.63) is 51.8 Å². The van der Waals surface area contributed by atoms with E-state index < -0.39 is 17.8 Å². The van der Waals surface area contributed by atoms with Crippen LogP contribution in [0.25, 0.3) is 0 Å². The van der Waals surface area contributed by atoms with Crippen molar-refractivity contribution in [2.45, 2.75) is 25.4 Å². The Labute approximate surface area is 148 Å². The number of amides is 1. The molecule has 0 N–H and O–H groups in total. The maximum absolute atomic E-state index is 12.8. The summed E-state index contributed by atoms with van der Waals surface area (Å²) in [5, 5.41) is 4.05. The molecule has 0 spiro atoms. The van der Waals surface area contributed by atoms with Gasteiger partial charge in [-0.3, -0.25) is 9.48 Å². The van der Waals surface area contributed by atoms with Crippen LogP contribution in [0.1, 0.15) is 40.2 Å². The first-order valence-corrected chi connectivity index (χ1v) is 8.23. The molecule has 1 unspecified atom stereocenters. The number of carbonyl (C=O) groups excluding carboxylic acids is 1. The SMILES string of the molecule is CC1CN(C(=O)c2cc(C(F)(F)F)nn2C)CCc2ccc(Cl)cc21. The van der Waals surface area contributed by atoms with Crippen molar-refractivity contribution >= 4 is 17.5 Å². The summed E-state index contributed by atoms with van der Waals surface area (Å²) in [6.45, 7) is 2.83. The van der Waals surface area contributed by atoms with Crippen LogP contribution in [0.5, 0.6) is 0 Å². The van der Waals surface area contributed by atoms with Gasteiger partial charge in [-0.15, -0.1) is 0 Å². The molecule has 8 heteroatoms. The Kier molecular flexibility index (Phi) is 4.53. The molecule has 1 aromatic carbocycles. The van der Waals surface area contributed by atoms with Crippen LogP contribution in [0.2, 0.25) is 5.02 Å². The number of nitrogens with zero attached hydrogens (tertiary/aromatic N) is 3. The molecule has 0 aliphatic carbocycles. The van der Waals surface area contributed by atoms with Gasteiger partial charge < -0.3 is 4.90 Å². The average Bonchev–Trinajstić information content (AvgIpc) is 2.85. The number of aromatic nitrogens is 2. The summed E-state index contributed by atoms with van der Waals surface area (Å²) in [6, 6.07) is 6.44. The van der Waals surface area contributed by atoms with Crippen LogP contribution in [0, 0.1) is 0 Å². The van der Waals surface area contributed by atoms with Crippen molar-refractivity contribution in [1.29, 1.82) is 0 Å². The van der Waals surface area contributed by atoms with Crippen LogP contribution >= 0.6 is 11.6 Å². The standard InChI is InChI=1S/C17H17ClF3N3O/c1-10-9-24(6-5-11-3-4-12(18)7-13(10)11)16(25)14-8-15(17(19,20)21)22-23(14)2/h3-4,7-8,10H,5-6,9H2,1-2H3. The van der Waals surface area contributed by atoms with Crippen molar-refractivity contribution < 1.29 is 18.0 Å². The van der Waals surface area contributed by atoms with Crippen molar-refractivity contribution in [3.8, 4) is 0 Å². The number of hydrogen-bond donors (Lipinski definition) is 0. The van der Waals surface area contributed by atoms with E-state index in [4.69, 9.17) is 11.6 Å². The van der Waals surface area contributed by atoms with E-state index >= 15 is 0 Å². The zero-order valence-electron chi connectivity index (χ0n) is 13.8. The van der Waals surface area contributed by atoms with E-state index in [1.54, 1.807) is 11.0 Å². The molecule has 2 heterocycles. The number of halogens is 4. The van der Waals surface area contributed by atoms with Crippen molar-refractivity contribution in [2.24, 2.45) is 7.05 Å². The van der Waals surface area contributed by atoms with Gasteiger partial charge in [0.15, 0.2) is 5.69 Å². The number of rotatable bonds is 1. The van der Waals surface area contributed by atoms with E-state index in [0.717, 1.165) is 21.9 Å². The lowest BCUT2D eigenvalue weighted by Crippen LogP contribution is -2.35. The fourth-order valence-electron chi connectivity index (χ4n) is 3.18. The van der Waals surface area contributed by atoms with E-state index in [0.29, 0.717) is 24.5 Å². The lowest BCUT2D eigenvalue weighted by Gasteiger charge is -2.23. The summed E-state index contributed by atoms with van der Waals surface area (Å²) in [4.78, 5) is 14.3. The van der Waals surface area contributed by atoms with Gasteiger partial charge in [-0.05, 0) is 35.6 Å². The highest BCUT2D eigenvalue weighted by Gasteiger charge is 2.36. The Hall–Kier alpha value is -2.02. The summed E-state index contributed by atoms with van der Waals surface area (Å²) >= 11 is 6.06. The van der Waals surface area contributed by atoms with Gasteiger partial charge >= 0.3 is 6.18 Å². The molecule has 1 aliphatic rings. The molecule has 25 heavy (non-hydrogen) atoms. The third kappa shape index (κ3) is 3.51. The van der Waals surface area contributed by atoms with Gasteiger partial charge in [0.25, 0.3) is 5.91 Å². The third-order valence-electron chi connectivity index (χ3n) is 4.46. The predicted molar refractivity (Wildman–Crippen MR) is 87.7 cm³/mol. The quantitative estimate of drug-likeness (QED) is 0.762. The summed E-state index contributed by atoms with van der Waals surface area (Å²) in [5.41, 5.74) is 1.05. The van der Waals surface area contributed by atoms with Gasteiger partial charge in [0, 0.05) is 31.2 Å². The second-order valence-electron chi connectivity index (χ2n) is 6.28. The second kappa shape index (κ2) is 6.37. The lowest BCUT2D eigenvalue weighted by atomic mass is 9.95. The third-order valence-corrected chi connectivity index (χ3v) is 4.70. The molecule has 0 radical (unpaired) electrons. The maximum atomic E-state index is 12.8. The van der Waals surface area contributed by atoms with Crippen LogP contribution in [0.3, 0.4) is 0 Å². The maximum Gasteiger partial charge on any atom is 0.435 e. The van der Waals surface area contributed by atoms with Gasteiger partial charge in [0.1, 0.15) is 5.69 Å². The molecular formula is C17H17ClF3N3O. The summed E-state index contributed by atoms with van der Waals surface area (Å²) in [6.07, 6.45) is -3.94. The Morgan fingerprint density at radius 1 is 1.32 bits per heavy atom. The number of alkyl halides is 3. The molecule has 0 fully saturated rings. The molecule has 1 aromatic heterocycles. The Morgan fingerprint density at radius 3 is 2.68 bits per heavy atom. The minimum atomic E-state index is -4.57. The minimum absolute atomic E-state index is 0.0375. The first kappa shape index (κ1) is 17.8. The van der Waals surface area contributed by atoms with Crippen LogP contribution in [0.15, 0.2) is 24.3 Å². The Morgan fingerprint density at radius 2 is 2.04 bits per heavy atom. The zero-order chi connectivity index (χ0) is 18.4. The Balaban J connectivity index is 1.86. The number of carbonyl (C=O) groups is 1. The smallest absolute Gasteiger partial charge is 0.336 e. The van der Waals surface area contributed by atoms with E-state index in [-0.39, 0.29) is 11.6 Å². The molecular weight excluding hydrogens is 355 g/mol. The Bertz CT molecular complexity index is 816. The van der Waals surface area contributed by atoms with Gasteiger partial charge in [-0.2, -0.15) is 18.3 Å². The zero-order valence-corrected chi connectivity index (χ0v) is 14.5. The largest absolute Gasteiger partial charge is 0.435 e. The topological polar surface area (TPSA) is 38.1 Å². The number of hydrogen-bond acceptors (Lipinski definition) is 2. The molecule has 3 rings (SSSR count). The van der Waals surface area contributed by atoms with Crippen molar-refractivity contribution in [2.75, 3.05) is 13.1 Å². The fourth-order valence-corrected chi connectivity index (χ4v) is 3.36. The van der Waals surface area contributed by atoms with E-state index in [9.17, 15) is 18.0 Å². The van der Waals surface area contributed by atoms with Gasteiger partial charge in [-0.25, -0.2) is 0 Å². The molecule has 4 nitrogen and oxygen atoms in total. The van der Waals surface area contributed by atoms with Crippen LogP contribution in [0.4, 0.5) is 13.2 Å². The highest BCUT2D eigenvalue weighted by Crippen LogP contribution is 2.30. The van der Waals surface area contributed by atoms with Crippen LogP contribution in [-0.2, 0) is 19.6 Å². The van der Waals surface area contributed by atoms with E-state index in [2.05, 4.69) is 5.10 Å². The monoisotopic (exact) mass is 371 g/mol. The number of fused-ring (bicyclic) bond motifs is 1. The summed E-state index contributed by atoms with van der Waals surface area (Å²) < 4.78 is 39.4.